The summed E-state index contributed by atoms with van der Waals surface area (Å²) in [6, 6.07) is 14.5. The third-order valence-electron chi connectivity index (χ3n) is 3.48. The Hall–Kier alpha value is -2.20. The first-order valence-electron chi connectivity index (χ1n) is 7.36. The summed E-state index contributed by atoms with van der Waals surface area (Å²) in [6.45, 7) is 3.61. The number of hydrogen-bond acceptors (Lipinski definition) is 3. The van der Waals surface area contributed by atoms with Crippen LogP contribution in [0.15, 0.2) is 48.5 Å². The van der Waals surface area contributed by atoms with Crippen molar-refractivity contribution in [3.05, 3.63) is 59.1 Å². The molecule has 2 aromatic carbocycles. The van der Waals surface area contributed by atoms with Crippen LogP contribution in [0.1, 0.15) is 25.5 Å². The molecule has 0 aromatic heterocycles. The van der Waals surface area contributed by atoms with E-state index in [-0.39, 0.29) is 11.9 Å². The van der Waals surface area contributed by atoms with Gasteiger partial charge in [0, 0.05) is 0 Å². The molecule has 0 aliphatic carbocycles. The summed E-state index contributed by atoms with van der Waals surface area (Å²) in [6.07, 6.45) is -0.643. The monoisotopic (exact) mass is 333 g/mol. The molecule has 0 radical (unpaired) electrons. The van der Waals surface area contributed by atoms with Gasteiger partial charge in [0.05, 0.1) is 18.2 Å². The van der Waals surface area contributed by atoms with Crippen molar-refractivity contribution in [3.63, 3.8) is 0 Å². The van der Waals surface area contributed by atoms with Crippen molar-refractivity contribution in [2.75, 3.05) is 7.11 Å². The van der Waals surface area contributed by atoms with Crippen LogP contribution in [0.5, 0.6) is 11.5 Å². The highest BCUT2D eigenvalue weighted by Gasteiger charge is 2.18. The lowest BCUT2D eigenvalue weighted by Crippen LogP contribution is -2.37. The third kappa shape index (κ3) is 4.63. The molecule has 122 valence electrons. The van der Waals surface area contributed by atoms with Crippen LogP contribution in [0.3, 0.4) is 0 Å². The number of halogens is 1. The maximum absolute atomic E-state index is 12.3. The van der Waals surface area contributed by atoms with Crippen LogP contribution in [0.4, 0.5) is 0 Å². The molecule has 1 N–H and O–H groups in total. The van der Waals surface area contributed by atoms with E-state index in [0.717, 1.165) is 11.3 Å². The SMILES string of the molecule is COc1ccc([C@H](C)NC(=O)[C@@H](C)Oc2ccccc2Cl)cc1. The van der Waals surface area contributed by atoms with Gasteiger partial charge in [0.2, 0.25) is 0 Å². The average molecular weight is 334 g/mol. The normalized spacial score (nSPS) is 13.0. The van der Waals surface area contributed by atoms with Crippen LogP contribution in [-0.4, -0.2) is 19.1 Å². The summed E-state index contributed by atoms with van der Waals surface area (Å²) in [7, 11) is 1.62. The van der Waals surface area contributed by atoms with Crippen molar-refractivity contribution in [3.8, 4) is 11.5 Å². The van der Waals surface area contributed by atoms with E-state index in [1.165, 1.54) is 0 Å². The minimum atomic E-state index is -0.643. The molecule has 5 heteroatoms. The fraction of sp³-hybridized carbons (Fsp3) is 0.278. The molecular weight excluding hydrogens is 314 g/mol. The molecule has 0 aliphatic heterocycles. The molecule has 0 aliphatic rings. The first kappa shape index (κ1) is 17.2. The minimum absolute atomic E-state index is 0.134. The summed E-state index contributed by atoms with van der Waals surface area (Å²) in [5, 5.41) is 3.41. The van der Waals surface area contributed by atoms with E-state index in [9.17, 15) is 4.79 Å². The lowest BCUT2D eigenvalue weighted by atomic mass is 10.1. The highest BCUT2D eigenvalue weighted by Crippen LogP contribution is 2.24. The molecule has 0 spiro atoms. The summed E-state index contributed by atoms with van der Waals surface area (Å²) in [5.74, 6) is 1.07. The van der Waals surface area contributed by atoms with Gasteiger partial charge in [-0.05, 0) is 43.7 Å². The van der Waals surface area contributed by atoms with E-state index in [2.05, 4.69) is 5.32 Å². The molecule has 2 atom stereocenters. The predicted octanol–water partition coefficient (Wildman–Crippen LogP) is 3.99. The Bertz CT molecular complexity index is 658. The first-order valence-corrected chi connectivity index (χ1v) is 7.74. The Labute approximate surface area is 141 Å². The summed E-state index contributed by atoms with van der Waals surface area (Å²) in [4.78, 5) is 12.3. The zero-order valence-corrected chi connectivity index (χ0v) is 14.1. The van der Waals surface area contributed by atoms with E-state index >= 15 is 0 Å². The molecule has 4 nitrogen and oxygen atoms in total. The second-order valence-electron chi connectivity index (χ2n) is 5.19. The lowest BCUT2D eigenvalue weighted by molar-refractivity contribution is -0.127. The topological polar surface area (TPSA) is 47.6 Å². The molecule has 23 heavy (non-hydrogen) atoms. The Morgan fingerprint density at radius 2 is 1.74 bits per heavy atom. The molecule has 1 amide bonds. The number of ether oxygens (including phenoxy) is 2. The van der Waals surface area contributed by atoms with Gasteiger partial charge in [-0.25, -0.2) is 0 Å². The van der Waals surface area contributed by atoms with Gasteiger partial charge in [-0.1, -0.05) is 35.9 Å². The molecule has 0 unspecified atom stereocenters. The van der Waals surface area contributed by atoms with Crippen LogP contribution in [0, 0.1) is 0 Å². The highest BCUT2D eigenvalue weighted by atomic mass is 35.5. The van der Waals surface area contributed by atoms with Crippen molar-refractivity contribution in [2.45, 2.75) is 26.0 Å². The fourth-order valence-electron chi connectivity index (χ4n) is 2.09. The number of carbonyl (C=O) groups excluding carboxylic acids is 1. The number of amides is 1. The molecule has 0 fully saturated rings. The summed E-state index contributed by atoms with van der Waals surface area (Å²) < 4.78 is 10.7. The second-order valence-corrected chi connectivity index (χ2v) is 5.60. The molecule has 0 saturated carbocycles. The van der Waals surface area contributed by atoms with Crippen molar-refractivity contribution in [2.24, 2.45) is 0 Å². The Morgan fingerprint density at radius 3 is 2.35 bits per heavy atom. The Balaban J connectivity index is 1.95. The fourth-order valence-corrected chi connectivity index (χ4v) is 2.27. The minimum Gasteiger partial charge on any atom is -0.497 e. The molecule has 2 aromatic rings. The smallest absolute Gasteiger partial charge is 0.261 e. The van der Waals surface area contributed by atoms with Gasteiger partial charge in [0.15, 0.2) is 6.10 Å². The van der Waals surface area contributed by atoms with Gasteiger partial charge in [0.1, 0.15) is 11.5 Å². The number of hydrogen-bond donors (Lipinski definition) is 1. The predicted molar refractivity (Wildman–Crippen MR) is 91.1 cm³/mol. The second kappa shape index (κ2) is 7.88. The van der Waals surface area contributed by atoms with Gasteiger partial charge >= 0.3 is 0 Å². The number of nitrogens with one attached hydrogen (secondary N) is 1. The van der Waals surface area contributed by atoms with Gasteiger partial charge in [-0.15, -0.1) is 0 Å². The van der Waals surface area contributed by atoms with E-state index < -0.39 is 6.10 Å². The Kier molecular flexibility index (Phi) is 5.88. The number of benzene rings is 2. The standard InChI is InChI=1S/C18H20ClNO3/c1-12(14-8-10-15(22-3)11-9-14)20-18(21)13(2)23-17-7-5-4-6-16(17)19/h4-13H,1-3H3,(H,20,21)/t12-,13+/m0/s1. The molecule has 0 saturated heterocycles. The zero-order chi connectivity index (χ0) is 16.8. The third-order valence-corrected chi connectivity index (χ3v) is 3.80. The van der Waals surface area contributed by atoms with Gasteiger partial charge < -0.3 is 14.8 Å². The van der Waals surface area contributed by atoms with Gasteiger partial charge in [-0.3, -0.25) is 4.79 Å². The summed E-state index contributed by atoms with van der Waals surface area (Å²) >= 11 is 6.03. The quantitative estimate of drug-likeness (QED) is 0.869. The number of carbonyl (C=O) groups is 1. The largest absolute Gasteiger partial charge is 0.497 e. The van der Waals surface area contributed by atoms with Crippen LogP contribution < -0.4 is 14.8 Å². The maximum Gasteiger partial charge on any atom is 0.261 e. The van der Waals surface area contributed by atoms with E-state index in [1.54, 1.807) is 26.2 Å². The molecular formula is C18H20ClNO3. The van der Waals surface area contributed by atoms with Crippen LogP contribution in [0.2, 0.25) is 5.02 Å². The van der Waals surface area contributed by atoms with E-state index in [1.807, 2.05) is 43.3 Å². The van der Waals surface area contributed by atoms with Crippen molar-refractivity contribution in [1.29, 1.82) is 0 Å². The zero-order valence-electron chi connectivity index (χ0n) is 13.4. The Morgan fingerprint density at radius 1 is 1.09 bits per heavy atom. The van der Waals surface area contributed by atoms with Crippen LogP contribution >= 0.6 is 11.6 Å². The van der Waals surface area contributed by atoms with E-state index in [0.29, 0.717) is 10.8 Å². The van der Waals surface area contributed by atoms with Crippen molar-refractivity contribution in [1.82, 2.24) is 5.32 Å². The molecule has 0 bridgehead atoms. The van der Waals surface area contributed by atoms with Crippen molar-refractivity contribution < 1.29 is 14.3 Å². The van der Waals surface area contributed by atoms with Crippen LogP contribution in [0.25, 0.3) is 0 Å². The lowest BCUT2D eigenvalue weighted by Gasteiger charge is -2.19. The number of para-hydroxylation sites is 1. The van der Waals surface area contributed by atoms with E-state index in [4.69, 9.17) is 21.1 Å². The highest BCUT2D eigenvalue weighted by molar-refractivity contribution is 6.32. The number of methoxy groups -OCH3 is 1. The van der Waals surface area contributed by atoms with Gasteiger partial charge in [0.25, 0.3) is 5.91 Å². The van der Waals surface area contributed by atoms with Gasteiger partial charge in [-0.2, -0.15) is 0 Å². The van der Waals surface area contributed by atoms with Crippen LogP contribution in [-0.2, 0) is 4.79 Å². The molecule has 0 heterocycles. The first-order chi connectivity index (χ1) is 11.0. The summed E-state index contributed by atoms with van der Waals surface area (Å²) in [5.41, 5.74) is 0.990. The maximum atomic E-state index is 12.3. The average Bonchev–Trinajstić information content (AvgIpc) is 2.56. The van der Waals surface area contributed by atoms with Crippen molar-refractivity contribution >= 4 is 17.5 Å². The molecule has 2 rings (SSSR count). The number of rotatable bonds is 6.